The molecule has 0 saturated carbocycles. The van der Waals surface area contributed by atoms with Crippen molar-refractivity contribution in [1.82, 2.24) is 9.38 Å². The highest BCUT2D eigenvalue weighted by molar-refractivity contribution is 5.52. The van der Waals surface area contributed by atoms with Gasteiger partial charge in [0.25, 0.3) is 5.56 Å². The van der Waals surface area contributed by atoms with Crippen molar-refractivity contribution in [3.8, 4) is 5.75 Å². The van der Waals surface area contributed by atoms with Gasteiger partial charge in [0.05, 0.1) is 0 Å². The molecule has 2 rings (SSSR count). The first-order chi connectivity index (χ1) is 6.72. The van der Waals surface area contributed by atoms with Crippen LogP contribution in [0.2, 0.25) is 0 Å². The van der Waals surface area contributed by atoms with Crippen LogP contribution in [0.3, 0.4) is 0 Å². The summed E-state index contributed by atoms with van der Waals surface area (Å²) in [4.78, 5) is 15.7. The highest BCUT2D eigenvalue weighted by Crippen LogP contribution is 2.13. The van der Waals surface area contributed by atoms with Gasteiger partial charge in [0.1, 0.15) is 0 Å². The number of rotatable bonds is 1. The fraction of sp³-hybridized carbons (Fsp3) is 0.200. The maximum atomic E-state index is 11.5. The summed E-state index contributed by atoms with van der Waals surface area (Å²) in [6, 6.07) is 4.60. The van der Waals surface area contributed by atoms with Gasteiger partial charge in [-0.2, -0.15) is 0 Å². The number of hydrogen-bond acceptors (Lipinski definition) is 3. The Hall–Kier alpha value is -1.84. The first-order valence-electron chi connectivity index (χ1n) is 4.42. The van der Waals surface area contributed by atoms with E-state index in [1.54, 1.807) is 12.3 Å². The van der Waals surface area contributed by atoms with Gasteiger partial charge >= 0.3 is 0 Å². The second-order valence-corrected chi connectivity index (χ2v) is 3.03. The highest BCUT2D eigenvalue weighted by atomic mass is 16.3. The zero-order valence-electron chi connectivity index (χ0n) is 7.77. The molecule has 0 fully saturated rings. The molecule has 0 aliphatic rings. The Balaban J connectivity index is 2.91. The van der Waals surface area contributed by atoms with E-state index in [2.05, 4.69) is 4.98 Å². The van der Waals surface area contributed by atoms with Crippen molar-refractivity contribution in [3.05, 3.63) is 40.4 Å². The van der Waals surface area contributed by atoms with Crippen LogP contribution in [0, 0.1) is 0 Å². The van der Waals surface area contributed by atoms with Crippen molar-refractivity contribution in [2.75, 3.05) is 0 Å². The average molecular weight is 190 g/mol. The zero-order chi connectivity index (χ0) is 10.1. The van der Waals surface area contributed by atoms with Crippen LogP contribution in [0.4, 0.5) is 0 Å². The number of hydrogen-bond donors (Lipinski definition) is 1. The normalized spacial score (nSPS) is 10.6. The summed E-state index contributed by atoms with van der Waals surface area (Å²) in [7, 11) is 0. The Morgan fingerprint density at radius 1 is 1.57 bits per heavy atom. The molecule has 72 valence electrons. The van der Waals surface area contributed by atoms with Crippen molar-refractivity contribution < 1.29 is 5.11 Å². The van der Waals surface area contributed by atoms with Crippen molar-refractivity contribution >= 4 is 5.65 Å². The van der Waals surface area contributed by atoms with Gasteiger partial charge in [-0.25, -0.2) is 4.98 Å². The molecular weight excluding hydrogens is 180 g/mol. The molecule has 0 bridgehead atoms. The number of fused-ring (bicyclic) bond motifs is 1. The maximum absolute atomic E-state index is 11.5. The van der Waals surface area contributed by atoms with Gasteiger partial charge in [0.2, 0.25) is 0 Å². The van der Waals surface area contributed by atoms with Gasteiger partial charge in [-0.3, -0.25) is 9.20 Å². The molecule has 0 aromatic carbocycles. The van der Waals surface area contributed by atoms with E-state index in [9.17, 15) is 9.90 Å². The Morgan fingerprint density at radius 3 is 3.07 bits per heavy atom. The van der Waals surface area contributed by atoms with Crippen LogP contribution in [0.15, 0.2) is 29.2 Å². The monoisotopic (exact) mass is 190 g/mol. The minimum Gasteiger partial charge on any atom is -0.504 e. The van der Waals surface area contributed by atoms with E-state index < -0.39 is 0 Å². The molecule has 2 aromatic rings. The second kappa shape index (κ2) is 3.14. The molecular formula is C10H10N2O2. The number of nitrogens with zero attached hydrogens (tertiary/aromatic N) is 2. The second-order valence-electron chi connectivity index (χ2n) is 3.03. The summed E-state index contributed by atoms with van der Waals surface area (Å²) in [5.41, 5.74) is 0.844. The van der Waals surface area contributed by atoms with Crippen LogP contribution in [0.5, 0.6) is 5.75 Å². The van der Waals surface area contributed by atoms with Crippen LogP contribution < -0.4 is 5.56 Å². The van der Waals surface area contributed by atoms with Crippen molar-refractivity contribution in [1.29, 1.82) is 0 Å². The third-order valence-electron chi connectivity index (χ3n) is 2.09. The van der Waals surface area contributed by atoms with Crippen LogP contribution in [0.25, 0.3) is 5.65 Å². The van der Waals surface area contributed by atoms with E-state index in [-0.39, 0.29) is 11.3 Å². The molecule has 0 aliphatic heterocycles. The minimum atomic E-state index is -0.164. The quantitative estimate of drug-likeness (QED) is 0.728. The fourth-order valence-corrected chi connectivity index (χ4v) is 1.34. The topological polar surface area (TPSA) is 54.6 Å². The van der Waals surface area contributed by atoms with Gasteiger partial charge in [-0.15, -0.1) is 0 Å². The molecule has 0 spiro atoms. The van der Waals surface area contributed by atoms with Gasteiger partial charge in [-0.1, -0.05) is 6.92 Å². The SMILES string of the molecule is CCc1cc(=O)n2cccc(O)c2n1. The maximum Gasteiger partial charge on any atom is 0.258 e. The van der Waals surface area contributed by atoms with E-state index >= 15 is 0 Å². The zero-order valence-corrected chi connectivity index (χ0v) is 7.77. The predicted molar refractivity (Wildman–Crippen MR) is 52.5 cm³/mol. The lowest BCUT2D eigenvalue weighted by atomic mass is 10.3. The van der Waals surface area contributed by atoms with Crippen molar-refractivity contribution in [2.45, 2.75) is 13.3 Å². The lowest BCUT2D eigenvalue weighted by Gasteiger charge is -2.02. The molecule has 14 heavy (non-hydrogen) atoms. The van der Waals surface area contributed by atoms with Gasteiger partial charge in [-0.05, 0) is 18.6 Å². The lowest BCUT2D eigenvalue weighted by molar-refractivity contribution is 0.476. The van der Waals surface area contributed by atoms with E-state index in [4.69, 9.17) is 0 Å². The number of aromatic hydroxyl groups is 1. The van der Waals surface area contributed by atoms with Gasteiger partial charge in [0, 0.05) is 18.0 Å². The average Bonchev–Trinajstić information content (AvgIpc) is 2.19. The van der Waals surface area contributed by atoms with Crippen LogP contribution >= 0.6 is 0 Å². The molecule has 4 heteroatoms. The van der Waals surface area contributed by atoms with E-state index in [0.29, 0.717) is 17.8 Å². The predicted octanol–water partition coefficient (Wildman–Crippen LogP) is 0.962. The number of pyridine rings is 1. The Morgan fingerprint density at radius 2 is 2.36 bits per heavy atom. The van der Waals surface area contributed by atoms with E-state index in [1.165, 1.54) is 16.5 Å². The lowest BCUT2D eigenvalue weighted by Crippen LogP contribution is -2.14. The third-order valence-corrected chi connectivity index (χ3v) is 2.09. The molecule has 4 nitrogen and oxygen atoms in total. The van der Waals surface area contributed by atoms with Crippen LogP contribution in [0.1, 0.15) is 12.6 Å². The first kappa shape index (κ1) is 8.74. The van der Waals surface area contributed by atoms with Gasteiger partial charge in [0.15, 0.2) is 11.4 Å². The smallest absolute Gasteiger partial charge is 0.258 e. The van der Waals surface area contributed by atoms with Crippen molar-refractivity contribution in [3.63, 3.8) is 0 Å². The summed E-state index contributed by atoms with van der Waals surface area (Å²) in [5.74, 6) is 0.0277. The Kier molecular flexibility index (Phi) is 1.96. The molecule has 2 heterocycles. The summed E-state index contributed by atoms with van der Waals surface area (Å²) < 4.78 is 1.33. The highest BCUT2D eigenvalue weighted by Gasteiger charge is 2.03. The molecule has 0 amide bonds. The van der Waals surface area contributed by atoms with Crippen LogP contribution in [-0.2, 0) is 6.42 Å². The summed E-state index contributed by atoms with van der Waals surface area (Å²) in [6.07, 6.45) is 2.27. The van der Waals surface area contributed by atoms with Crippen LogP contribution in [-0.4, -0.2) is 14.5 Å². The van der Waals surface area contributed by atoms with E-state index in [1.807, 2.05) is 6.92 Å². The number of aryl methyl sites for hydroxylation is 1. The van der Waals surface area contributed by atoms with E-state index in [0.717, 1.165) is 0 Å². The third kappa shape index (κ3) is 1.25. The fourth-order valence-electron chi connectivity index (χ4n) is 1.34. The Bertz CT molecular complexity index is 531. The van der Waals surface area contributed by atoms with Crippen molar-refractivity contribution in [2.24, 2.45) is 0 Å². The standard InChI is InChI=1S/C10H10N2O2/c1-2-7-6-9(14)12-5-3-4-8(13)10(12)11-7/h3-6,13H,2H2,1H3. The summed E-state index contributed by atoms with van der Waals surface area (Å²) in [5, 5.41) is 9.49. The molecule has 2 aromatic heterocycles. The number of aromatic nitrogens is 2. The molecule has 0 atom stereocenters. The Labute approximate surface area is 80.5 Å². The summed E-state index contributed by atoms with van der Waals surface area (Å²) in [6.45, 7) is 1.91. The first-order valence-corrected chi connectivity index (χ1v) is 4.42. The molecule has 0 unspecified atom stereocenters. The molecule has 0 radical (unpaired) electrons. The minimum absolute atomic E-state index is 0.0277. The molecule has 0 aliphatic carbocycles. The molecule has 0 saturated heterocycles. The van der Waals surface area contributed by atoms with Gasteiger partial charge < -0.3 is 5.11 Å². The molecule has 1 N–H and O–H groups in total. The largest absolute Gasteiger partial charge is 0.504 e. The summed E-state index contributed by atoms with van der Waals surface area (Å²) >= 11 is 0.